The average Bonchev–Trinajstić information content (AvgIpc) is 3.22. The van der Waals surface area contributed by atoms with Crippen molar-refractivity contribution in [3.63, 3.8) is 0 Å². The summed E-state index contributed by atoms with van der Waals surface area (Å²) >= 11 is 0. The van der Waals surface area contributed by atoms with Crippen LogP contribution in [-0.2, 0) is 30.2 Å². The van der Waals surface area contributed by atoms with Crippen LogP contribution in [0.4, 0.5) is 32.0 Å². The largest absolute Gasteiger partial charge is 0.435 e. The molecule has 0 unspecified atom stereocenters. The van der Waals surface area contributed by atoms with Gasteiger partial charge in [-0.05, 0) is 37.6 Å². The van der Waals surface area contributed by atoms with Crippen molar-refractivity contribution >= 4 is 11.6 Å². The standard InChI is InChI=1S/C19H17F6N5O/c1-11-17(26-16(31)10-29-7-6-15(28-29)19(23,24)25)12(2)30(27-11)9-13-4-3-5-14(8-13)18(20,21)22/h3-8H,9-10H2,1-2H3,(H,26,31). The van der Waals surface area contributed by atoms with E-state index >= 15 is 0 Å². The molecule has 166 valence electrons. The molecule has 0 saturated carbocycles. The summed E-state index contributed by atoms with van der Waals surface area (Å²) in [4.78, 5) is 12.3. The highest BCUT2D eigenvalue weighted by Gasteiger charge is 2.33. The number of hydrogen-bond acceptors (Lipinski definition) is 3. The molecular weight excluding hydrogens is 428 g/mol. The van der Waals surface area contributed by atoms with E-state index in [1.54, 1.807) is 13.8 Å². The second-order valence-corrected chi connectivity index (χ2v) is 6.85. The maximum absolute atomic E-state index is 12.9. The molecule has 0 aliphatic rings. The van der Waals surface area contributed by atoms with E-state index in [1.165, 1.54) is 16.8 Å². The van der Waals surface area contributed by atoms with Gasteiger partial charge in [-0.3, -0.25) is 14.2 Å². The van der Waals surface area contributed by atoms with Crippen molar-refractivity contribution in [2.45, 2.75) is 39.3 Å². The van der Waals surface area contributed by atoms with Crippen molar-refractivity contribution in [3.05, 3.63) is 64.7 Å². The van der Waals surface area contributed by atoms with E-state index < -0.39 is 36.1 Å². The van der Waals surface area contributed by atoms with E-state index in [1.807, 2.05) is 0 Å². The van der Waals surface area contributed by atoms with Crippen LogP contribution in [-0.4, -0.2) is 25.5 Å². The molecule has 2 aromatic heterocycles. The Bertz CT molecular complexity index is 1100. The van der Waals surface area contributed by atoms with Crippen LogP contribution in [0, 0.1) is 13.8 Å². The van der Waals surface area contributed by atoms with Gasteiger partial charge >= 0.3 is 12.4 Å². The van der Waals surface area contributed by atoms with Gasteiger partial charge in [0.05, 0.1) is 29.2 Å². The average molecular weight is 445 g/mol. The topological polar surface area (TPSA) is 64.7 Å². The quantitative estimate of drug-likeness (QED) is 0.592. The van der Waals surface area contributed by atoms with Gasteiger partial charge in [-0.2, -0.15) is 36.5 Å². The highest BCUT2D eigenvalue weighted by Crippen LogP contribution is 2.30. The lowest BCUT2D eigenvalue weighted by Gasteiger charge is -2.10. The summed E-state index contributed by atoms with van der Waals surface area (Å²) in [6.07, 6.45) is -8.04. The molecule has 1 amide bonds. The van der Waals surface area contributed by atoms with Gasteiger partial charge in [0.1, 0.15) is 6.54 Å². The van der Waals surface area contributed by atoms with Gasteiger partial charge in [0.2, 0.25) is 5.91 Å². The zero-order valence-electron chi connectivity index (χ0n) is 16.3. The normalized spacial score (nSPS) is 12.3. The number of aromatic nitrogens is 4. The molecule has 12 heteroatoms. The lowest BCUT2D eigenvalue weighted by atomic mass is 10.1. The Hall–Kier alpha value is -3.31. The van der Waals surface area contributed by atoms with Crippen molar-refractivity contribution in [1.29, 1.82) is 0 Å². The Morgan fingerprint density at radius 3 is 2.35 bits per heavy atom. The first kappa shape index (κ1) is 22.4. The van der Waals surface area contributed by atoms with Gasteiger partial charge in [-0.25, -0.2) is 0 Å². The first-order valence-corrected chi connectivity index (χ1v) is 8.95. The van der Waals surface area contributed by atoms with Crippen molar-refractivity contribution in [1.82, 2.24) is 19.6 Å². The SMILES string of the molecule is Cc1nn(Cc2cccc(C(F)(F)F)c2)c(C)c1NC(=O)Cn1ccc(C(F)(F)F)n1. The zero-order chi connectivity index (χ0) is 23.0. The van der Waals surface area contributed by atoms with Crippen LogP contribution in [0.1, 0.15) is 28.2 Å². The number of nitrogens with one attached hydrogen (secondary N) is 1. The Morgan fingerprint density at radius 2 is 1.74 bits per heavy atom. The highest BCUT2D eigenvalue weighted by molar-refractivity contribution is 5.91. The fourth-order valence-corrected chi connectivity index (χ4v) is 2.98. The number of anilines is 1. The van der Waals surface area contributed by atoms with Gasteiger partial charge in [-0.15, -0.1) is 0 Å². The number of aryl methyl sites for hydroxylation is 1. The van der Waals surface area contributed by atoms with Crippen molar-refractivity contribution in [3.8, 4) is 0 Å². The van der Waals surface area contributed by atoms with Gasteiger partial charge in [-0.1, -0.05) is 12.1 Å². The number of benzene rings is 1. The Labute approximate surface area is 172 Å². The summed E-state index contributed by atoms with van der Waals surface area (Å²) in [5, 5.41) is 10.1. The molecule has 3 rings (SSSR count). The van der Waals surface area contributed by atoms with Crippen LogP contribution < -0.4 is 5.32 Å². The second-order valence-electron chi connectivity index (χ2n) is 6.85. The number of nitrogens with zero attached hydrogens (tertiary/aromatic N) is 4. The smallest absolute Gasteiger partial charge is 0.321 e. The van der Waals surface area contributed by atoms with E-state index in [9.17, 15) is 31.1 Å². The third kappa shape index (κ3) is 5.25. The fourth-order valence-electron chi connectivity index (χ4n) is 2.98. The number of carbonyl (C=O) groups excluding carboxylic acids is 1. The summed E-state index contributed by atoms with van der Waals surface area (Å²) in [7, 11) is 0. The number of hydrogen-bond donors (Lipinski definition) is 1. The third-order valence-corrected chi connectivity index (χ3v) is 4.47. The summed E-state index contributed by atoms with van der Waals surface area (Å²) in [5.74, 6) is -0.623. The minimum absolute atomic E-state index is 0.0422. The zero-order valence-corrected chi connectivity index (χ0v) is 16.3. The minimum atomic E-state index is -4.61. The van der Waals surface area contributed by atoms with Gasteiger partial charge in [0.25, 0.3) is 0 Å². The molecule has 31 heavy (non-hydrogen) atoms. The summed E-state index contributed by atoms with van der Waals surface area (Å²) in [6, 6.07) is 5.57. The van der Waals surface area contributed by atoms with Crippen molar-refractivity contribution in [2.24, 2.45) is 0 Å². The van der Waals surface area contributed by atoms with Gasteiger partial charge in [0.15, 0.2) is 5.69 Å². The Balaban J connectivity index is 1.73. The van der Waals surface area contributed by atoms with Crippen molar-refractivity contribution in [2.75, 3.05) is 5.32 Å². The first-order chi connectivity index (χ1) is 14.3. The summed E-state index contributed by atoms with van der Waals surface area (Å²) in [5.41, 5.74) is -0.289. The number of carbonyl (C=O) groups is 1. The summed E-state index contributed by atoms with van der Waals surface area (Å²) < 4.78 is 78.8. The van der Waals surface area contributed by atoms with E-state index in [-0.39, 0.29) is 6.54 Å². The van der Waals surface area contributed by atoms with E-state index in [2.05, 4.69) is 15.5 Å². The predicted molar refractivity (Wildman–Crippen MR) is 98.1 cm³/mol. The second kappa shape index (κ2) is 8.08. The molecule has 0 atom stereocenters. The molecule has 0 aliphatic heterocycles. The van der Waals surface area contributed by atoms with Gasteiger partial charge in [0, 0.05) is 6.20 Å². The number of amides is 1. The Morgan fingerprint density at radius 1 is 1.03 bits per heavy atom. The van der Waals surface area contributed by atoms with Crippen LogP contribution in [0.2, 0.25) is 0 Å². The van der Waals surface area contributed by atoms with E-state index in [4.69, 9.17) is 0 Å². The molecule has 6 nitrogen and oxygen atoms in total. The highest BCUT2D eigenvalue weighted by atomic mass is 19.4. The lowest BCUT2D eigenvalue weighted by molar-refractivity contribution is -0.141. The molecule has 0 spiro atoms. The molecule has 1 aromatic carbocycles. The number of rotatable bonds is 5. The molecule has 0 radical (unpaired) electrons. The third-order valence-electron chi connectivity index (χ3n) is 4.47. The van der Waals surface area contributed by atoms with E-state index in [0.717, 1.165) is 29.1 Å². The van der Waals surface area contributed by atoms with Crippen LogP contribution in [0.15, 0.2) is 36.5 Å². The van der Waals surface area contributed by atoms with Crippen LogP contribution >= 0.6 is 0 Å². The predicted octanol–water partition coefficient (Wildman–Crippen LogP) is 4.42. The molecule has 0 fully saturated rings. The summed E-state index contributed by atoms with van der Waals surface area (Å²) in [6.45, 7) is 2.81. The van der Waals surface area contributed by atoms with Crippen molar-refractivity contribution < 1.29 is 31.1 Å². The maximum atomic E-state index is 12.9. The molecular formula is C19H17F6N5O. The maximum Gasteiger partial charge on any atom is 0.435 e. The van der Waals surface area contributed by atoms with Crippen LogP contribution in [0.5, 0.6) is 0 Å². The van der Waals surface area contributed by atoms with Crippen LogP contribution in [0.25, 0.3) is 0 Å². The molecule has 0 saturated heterocycles. The number of alkyl halides is 6. The lowest BCUT2D eigenvalue weighted by Crippen LogP contribution is -2.20. The molecule has 3 aromatic rings. The van der Waals surface area contributed by atoms with E-state index in [0.29, 0.717) is 22.6 Å². The minimum Gasteiger partial charge on any atom is -0.321 e. The van der Waals surface area contributed by atoms with Gasteiger partial charge < -0.3 is 5.32 Å². The molecule has 2 heterocycles. The molecule has 1 N–H and O–H groups in total. The molecule has 0 aliphatic carbocycles. The first-order valence-electron chi connectivity index (χ1n) is 8.95. The Kier molecular flexibility index (Phi) is 5.83. The van der Waals surface area contributed by atoms with Crippen LogP contribution in [0.3, 0.4) is 0 Å². The molecule has 0 bridgehead atoms. The number of halogens is 6. The monoisotopic (exact) mass is 445 g/mol. The fraction of sp³-hybridized carbons (Fsp3) is 0.316.